The maximum atomic E-state index is 11.9. The summed E-state index contributed by atoms with van der Waals surface area (Å²) < 4.78 is 6.70. The molecule has 144 valence electrons. The number of rotatable bonds is 7. The first-order valence-electron chi connectivity index (χ1n) is 8.45. The van der Waals surface area contributed by atoms with Gasteiger partial charge in [-0.3, -0.25) is 4.79 Å². The van der Waals surface area contributed by atoms with E-state index in [4.69, 9.17) is 27.9 Å². The quantitative estimate of drug-likeness (QED) is 0.559. The zero-order valence-corrected chi connectivity index (χ0v) is 16.8. The first-order valence-corrected chi connectivity index (χ1v) is 9.21. The van der Waals surface area contributed by atoms with Crippen molar-refractivity contribution in [2.24, 2.45) is 0 Å². The number of hydrogen-bond acceptors (Lipinski definition) is 4. The van der Waals surface area contributed by atoms with Crippen LogP contribution in [0, 0.1) is 6.92 Å². The summed E-state index contributed by atoms with van der Waals surface area (Å²) >= 11 is 12.3. The van der Waals surface area contributed by atoms with E-state index >= 15 is 0 Å². The number of halogens is 2. The second-order valence-corrected chi connectivity index (χ2v) is 6.68. The molecule has 2 aromatic rings. The molecule has 1 atom stereocenters. The van der Waals surface area contributed by atoms with E-state index in [1.807, 2.05) is 12.1 Å². The van der Waals surface area contributed by atoms with Crippen LogP contribution >= 0.6 is 23.2 Å². The van der Waals surface area contributed by atoms with E-state index in [0.717, 1.165) is 5.56 Å². The lowest BCUT2D eigenvalue weighted by atomic mass is 10.2. The van der Waals surface area contributed by atoms with Crippen molar-refractivity contribution in [3.8, 4) is 0 Å². The summed E-state index contributed by atoms with van der Waals surface area (Å²) in [6.45, 7) is 6.05. The molecule has 0 radical (unpaired) electrons. The predicted molar refractivity (Wildman–Crippen MR) is 106 cm³/mol. The summed E-state index contributed by atoms with van der Waals surface area (Å²) in [5.74, 6) is -0.973. The molecule has 0 bridgehead atoms. The highest BCUT2D eigenvalue weighted by Crippen LogP contribution is 2.22. The molecule has 0 saturated carbocycles. The summed E-state index contributed by atoms with van der Waals surface area (Å²) in [5.41, 5.74) is 2.29. The Morgan fingerprint density at radius 3 is 2.59 bits per heavy atom. The highest BCUT2D eigenvalue weighted by Gasteiger charge is 2.16. The first kappa shape index (κ1) is 21.0. The Balaban J connectivity index is 2.07. The number of aromatic nitrogens is 2. The number of likely N-dealkylation sites (N-methyl/N-ethyl adjacent to an activating group) is 1. The number of benzene rings is 1. The van der Waals surface area contributed by atoms with Gasteiger partial charge < -0.3 is 10.1 Å². The largest absolute Gasteiger partial charge is 0.449 e. The van der Waals surface area contributed by atoms with E-state index in [0.29, 0.717) is 34.5 Å². The van der Waals surface area contributed by atoms with Crippen molar-refractivity contribution >= 4 is 41.2 Å². The number of carbonyl (C=O) groups is 2. The molecule has 0 aliphatic rings. The standard InChI is InChI=1S/C19H21Cl2N3O3/c1-4-22-19(26)13(3)27-17(25)10-9-16-12(2)23-24(18(16)21)11-14-5-7-15(20)8-6-14/h5-10,13H,4,11H2,1-3H3,(H,22,26)/b10-9+/t13-/m1/s1. The molecule has 1 aromatic heterocycles. The summed E-state index contributed by atoms with van der Waals surface area (Å²) in [7, 11) is 0. The molecule has 0 fully saturated rings. The summed E-state index contributed by atoms with van der Waals surface area (Å²) in [6, 6.07) is 7.39. The van der Waals surface area contributed by atoms with Crippen molar-refractivity contribution in [1.29, 1.82) is 0 Å². The van der Waals surface area contributed by atoms with Crippen LogP contribution in [0.4, 0.5) is 0 Å². The fraction of sp³-hybridized carbons (Fsp3) is 0.316. The smallest absolute Gasteiger partial charge is 0.331 e. The van der Waals surface area contributed by atoms with Crippen LogP contribution in [0.1, 0.15) is 30.7 Å². The number of ether oxygens (including phenoxy) is 1. The van der Waals surface area contributed by atoms with Crippen molar-refractivity contribution in [2.75, 3.05) is 6.54 Å². The Morgan fingerprint density at radius 1 is 1.30 bits per heavy atom. The van der Waals surface area contributed by atoms with Crippen molar-refractivity contribution in [1.82, 2.24) is 15.1 Å². The third-order valence-electron chi connectivity index (χ3n) is 3.75. The van der Waals surface area contributed by atoms with Gasteiger partial charge >= 0.3 is 5.97 Å². The van der Waals surface area contributed by atoms with Gasteiger partial charge in [0.15, 0.2) is 6.10 Å². The average Bonchev–Trinajstić information content (AvgIpc) is 2.88. The molecule has 1 aromatic carbocycles. The zero-order valence-electron chi connectivity index (χ0n) is 15.3. The van der Waals surface area contributed by atoms with Crippen LogP contribution in [0.5, 0.6) is 0 Å². The van der Waals surface area contributed by atoms with Crippen LogP contribution in [-0.4, -0.2) is 34.3 Å². The number of nitrogens with one attached hydrogen (secondary N) is 1. The van der Waals surface area contributed by atoms with E-state index in [9.17, 15) is 9.59 Å². The zero-order chi connectivity index (χ0) is 20.0. The lowest BCUT2D eigenvalue weighted by Gasteiger charge is -2.10. The van der Waals surface area contributed by atoms with Gasteiger partial charge in [0.2, 0.25) is 0 Å². The normalized spacial score (nSPS) is 12.2. The van der Waals surface area contributed by atoms with Gasteiger partial charge in [0.1, 0.15) is 5.15 Å². The number of hydrogen-bond donors (Lipinski definition) is 1. The second kappa shape index (κ2) is 9.58. The van der Waals surface area contributed by atoms with Gasteiger partial charge in [-0.15, -0.1) is 0 Å². The molecule has 6 nitrogen and oxygen atoms in total. The van der Waals surface area contributed by atoms with E-state index in [1.54, 1.807) is 30.7 Å². The molecule has 1 amide bonds. The molecule has 0 saturated heterocycles. The van der Waals surface area contributed by atoms with Crippen LogP contribution in [0.25, 0.3) is 6.08 Å². The van der Waals surface area contributed by atoms with Gasteiger partial charge in [0.25, 0.3) is 5.91 Å². The molecule has 0 spiro atoms. The number of esters is 1. The topological polar surface area (TPSA) is 73.2 Å². The maximum absolute atomic E-state index is 11.9. The molecule has 2 rings (SSSR count). The average molecular weight is 410 g/mol. The number of amides is 1. The van der Waals surface area contributed by atoms with Gasteiger partial charge in [-0.25, -0.2) is 9.48 Å². The molecular weight excluding hydrogens is 389 g/mol. The van der Waals surface area contributed by atoms with Crippen molar-refractivity contribution in [2.45, 2.75) is 33.4 Å². The lowest BCUT2D eigenvalue weighted by Crippen LogP contribution is -2.35. The second-order valence-electron chi connectivity index (χ2n) is 5.88. The summed E-state index contributed by atoms with van der Waals surface area (Å²) in [6.07, 6.45) is 1.90. The van der Waals surface area contributed by atoms with Crippen LogP contribution in [0.2, 0.25) is 10.2 Å². The molecule has 0 unspecified atom stereocenters. The van der Waals surface area contributed by atoms with Crippen molar-refractivity contribution in [3.63, 3.8) is 0 Å². The molecule has 27 heavy (non-hydrogen) atoms. The SMILES string of the molecule is CCNC(=O)[C@@H](C)OC(=O)/C=C/c1c(C)nn(Cc2ccc(Cl)cc2)c1Cl. The Bertz CT molecular complexity index is 845. The highest BCUT2D eigenvalue weighted by molar-refractivity contribution is 6.31. The summed E-state index contributed by atoms with van der Waals surface area (Å²) in [4.78, 5) is 23.5. The molecular formula is C19H21Cl2N3O3. The third kappa shape index (κ3) is 5.84. The Morgan fingerprint density at radius 2 is 1.96 bits per heavy atom. The molecule has 0 aliphatic heterocycles. The van der Waals surface area contributed by atoms with Crippen LogP contribution in [0.3, 0.4) is 0 Å². The van der Waals surface area contributed by atoms with Gasteiger partial charge in [0, 0.05) is 23.2 Å². The van der Waals surface area contributed by atoms with Gasteiger partial charge in [-0.1, -0.05) is 35.3 Å². The summed E-state index contributed by atoms with van der Waals surface area (Å²) in [5, 5.41) is 8.06. The van der Waals surface area contributed by atoms with Gasteiger partial charge in [0.05, 0.1) is 12.2 Å². The fourth-order valence-corrected chi connectivity index (χ4v) is 2.78. The molecule has 1 heterocycles. The van der Waals surface area contributed by atoms with E-state index in [1.165, 1.54) is 19.1 Å². The minimum absolute atomic E-state index is 0.343. The highest BCUT2D eigenvalue weighted by atomic mass is 35.5. The lowest BCUT2D eigenvalue weighted by molar-refractivity contribution is -0.150. The van der Waals surface area contributed by atoms with Crippen LogP contribution in [-0.2, 0) is 20.9 Å². The number of aryl methyl sites for hydroxylation is 1. The minimum Gasteiger partial charge on any atom is -0.449 e. The number of nitrogens with zero attached hydrogens (tertiary/aromatic N) is 2. The van der Waals surface area contributed by atoms with Crippen LogP contribution in [0.15, 0.2) is 30.3 Å². The van der Waals surface area contributed by atoms with Gasteiger partial charge in [-0.2, -0.15) is 5.10 Å². The first-order chi connectivity index (χ1) is 12.8. The Kier molecular flexibility index (Phi) is 7.45. The van der Waals surface area contributed by atoms with Crippen molar-refractivity contribution in [3.05, 3.63) is 57.3 Å². The predicted octanol–water partition coefficient (Wildman–Crippen LogP) is 3.63. The third-order valence-corrected chi connectivity index (χ3v) is 4.40. The minimum atomic E-state index is -0.869. The number of carbonyl (C=O) groups excluding carboxylic acids is 2. The van der Waals surface area contributed by atoms with E-state index in [2.05, 4.69) is 10.4 Å². The molecule has 0 aliphatic carbocycles. The Labute approximate surface area is 168 Å². The van der Waals surface area contributed by atoms with E-state index in [-0.39, 0.29) is 5.91 Å². The molecule has 1 N–H and O–H groups in total. The van der Waals surface area contributed by atoms with Gasteiger partial charge in [-0.05, 0) is 44.5 Å². The fourth-order valence-electron chi connectivity index (χ4n) is 2.36. The van der Waals surface area contributed by atoms with Crippen molar-refractivity contribution < 1.29 is 14.3 Å². The molecule has 8 heteroatoms. The maximum Gasteiger partial charge on any atom is 0.331 e. The van der Waals surface area contributed by atoms with E-state index < -0.39 is 12.1 Å². The Hall–Kier alpha value is -2.31. The monoisotopic (exact) mass is 409 g/mol. The van der Waals surface area contributed by atoms with Crippen LogP contribution < -0.4 is 5.32 Å².